The van der Waals surface area contributed by atoms with E-state index in [0.717, 1.165) is 12.0 Å². The molecular formula is C23H28N4O3S. The molecule has 8 heteroatoms. The van der Waals surface area contributed by atoms with E-state index in [1.165, 1.54) is 16.1 Å². The summed E-state index contributed by atoms with van der Waals surface area (Å²) in [6, 6.07) is 11.7. The van der Waals surface area contributed by atoms with E-state index < -0.39 is 10.0 Å². The average molecular weight is 441 g/mol. The van der Waals surface area contributed by atoms with E-state index in [1.807, 2.05) is 12.1 Å². The van der Waals surface area contributed by atoms with E-state index in [-0.39, 0.29) is 23.9 Å². The van der Waals surface area contributed by atoms with Crippen molar-refractivity contribution >= 4 is 27.0 Å². The summed E-state index contributed by atoms with van der Waals surface area (Å²) in [5, 5.41) is 0.585. The summed E-state index contributed by atoms with van der Waals surface area (Å²) >= 11 is 0. The Hall–Kier alpha value is -2.71. The molecule has 0 unspecified atom stereocenters. The molecule has 0 radical (unpaired) electrons. The van der Waals surface area contributed by atoms with Gasteiger partial charge in [-0.15, -0.1) is 0 Å². The van der Waals surface area contributed by atoms with Gasteiger partial charge in [-0.3, -0.25) is 4.79 Å². The number of pyridine rings is 1. The summed E-state index contributed by atoms with van der Waals surface area (Å²) in [6.07, 6.45) is 4.48. The number of sulfonamides is 1. The molecule has 3 aromatic rings. The summed E-state index contributed by atoms with van der Waals surface area (Å²) in [4.78, 5) is 21.8. The quantitative estimate of drug-likeness (QED) is 0.639. The van der Waals surface area contributed by atoms with Crippen LogP contribution in [-0.4, -0.2) is 59.7 Å². The second-order valence-corrected chi connectivity index (χ2v) is 10.3. The zero-order chi connectivity index (χ0) is 22.0. The van der Waals surface area contributed by atoms with Crippen molar-refractivity contribution in [3.63, 3.8) is 0 Å². The smallest absolute Gasteiger partial charge is 0.245 e. The number of aromatic nitrogens is 2. The number of H-pyrrole nitrogens is 1. The normalized spacial score (nSPS) is 15.6. The first-order valence-electron chi connectivity index (χ1n) is 10.6. The molecule has 7 nitrogen and oxygen atoms in total. The maximum absolute atomic E-state index is 13.1. The first-order chi connectivity index (χ1) is 14.8. The minimum atomic E-state index is -3.64. The van der Waals surface area contributed by atoms with Crippen molar-refractivity contribution in [2.75, 3.05) is 26.2 Å². The Balaban J connectivity index is 1.37. The molecule has 1 amide bonds. The highest BCUT2D eigenvalue weighted by molar-refractivity contribution is 7.89. The van der Waals surface area contributed by atoms with Crippen molar-refractivity contribution < 1.29 is 13.2 Å². The molecule has 0 atom stereocenters. The van der Waals surface area contributed by atoms with Gasteiger partial charge >= 0.3 is 0 Å². The van der Waals surface area contributed by atoms with Crippen LogP contribution in [0.15, 0.2) is 53.7 Å². The minimum absolute atomic E-state index is 0.0324. The Morgan fingerprint density at radius 1 is 1.06 bits per heavy atom. The summed E-state index contributed by atoms with van der Waals surface area (Å²) in [5.41, 5.74) is 2.81. The van der Waals surface area contributed by atoms with Gasteiger partial charge in [0.15, 0.2) is 0 Å². The number of carbonyl (C=O) groups is 1. The number of benzene rings is 1. The van der Waals surface area contributed by atoms with Gasteiger partial charge in [0.25, 0.3) is 0 Å². The number of carbonyl (C=O) groups excluding carboxylic acids is 1. The largest absolute Gasteiger partial charge is 0.345 e. The van der Waals surface area contributed by atoms with Gasteiger partial charge in [-0.25, -0.2) is 13.4 Å². The maximum atomic E-state index is 13.1. The molecule has 1 aliphatic rings. The number of rotatable bonds is 6. The number of nitrogens with one attached hydrogen (secondary N) is 1. The van der Waals surface area contributed by atoms with Crippen LogP contribution in [0.4, 0.5) is 0 Å². The Morgan fingerprint density at radius 3 is 2.42 bits per heavy atom. The van der Waals surface area contributed by atoms with Gasteiger partial charge in [0.2, 0.25) is 15.9 Å². The SMILES string of the molecule is CC(C)Cc1ccc(CC(=O)N2CCN(S(=O)(=O)c3c[nH]c4ncccc34)CC2)cc1. The molecule has 164 valence electrons. The number of nitrogens with zero attached hydrogens (tertiary/aromatic N) is 3. The zero-order valence-electron chi connectivity index (χ0n) is 17.9. The van der Waals surface area contributed by atoms with Crippen molar-refractivity contribution in [1.29, 1.82) is 0 Å². The third-order valence-electron chi connectivity index (χ3n) is 5.64. The first-order valence-corrected chi connectivity index (χ1v) is 12.1. The lowest BCUT2D eigenvalue weighted by atomic mass is 10.0. The standard InChI is InChI=1S/C23H28N4O3S/c1-17(2)14-18-5-7-19(8-6-18)15-22(28)26-10-12-27(13-11-26)31(29,30)21-16-25-23-20(21)4-3-9-24-23/h3-9,16-17H,10-15H2,1-2H3,(H,24,25). The Kier molecular flexibility index (Phi) is 6.11. The summed E-state index contributed by atoms with van der Waals surface area (Å²) in [7, 11) is -3.64. The fourth-order valence-electron chi connectivity index (χ4n) is 4.01. The van der Waals surface area contributed by atoms with Crippen LogP contribution in [0.5, 0.6) is 0 Å². The van der Waals surface area contributed by atoms with Crippen LogP contribution in [0.2, 0.25) is 0 Å². The highest BCUT2D eigenvalue weighted by Crippen LogP contribution is 2.25. The van der Waals surface area contributed by atoms with E-state index in [0.29, 0.717) is 36.5 Å². The second kappa shape index (κ2) is 8.80. The van der Waals surface area contributed by atoms with Gasteiger partial charge in [-0.05, 0) is 35.6 Å². The van der Waals surface area contributed by atoms with Crippen LogP contribution in [0.25, 0.3) is 11.0 Å². The number of hydrogen-bond acceptors (Lipinski definition) is 4. The van der Waals surface area contributed by atoms with E-state index >= 15 is 0 Å². The Labute approximate surface area is 183 Å². The topological polar surface area (TPSA) is 86.4 Å². The van der Waals surface area contributed by atoms with Gasteiger partial charge in [0.1, 0.15) is 10.5 Å². The van der Waals surface area contributed by atoms with Crippen LogP contribution in [0.1, 0.15) is 25.0 Å². The summed E-state index contributed by atoms with van der Waals surface area (Å²) in [6.45, 7) is 5.73. The molecule has 0 spiro atoms. The fraction of sp³-hybridized carbons (Fsp3) is 0.391. The molecule has 1 aliphatic heterocycles. The Morgan fingerprint density at radius 2 is 1.74 bits per heavy atom. The first kappa shape index (κ1) is 21.5. The molecule has 1 aromatic carbocycles. The molecule has 0 aliphatic carbocycles. The molecule has 4 rings (SSSR count). The van der Waals surface area contributed by atoms with Gasteiger partial charge < -0.3 is 9.88 Å². The van der Waals surface area contributed by atoms with E-state index in [1.54, 1.807) is 23.2 Å². The number of aromatic amines is 1. The predicted octanol–water partition coefficient (Wildman–Crippen LogP) is 2.84. The monoisotopic (exact) mass is 440 g/mol. The number of fused-ring (bicyclic) bond motifs is 1. The lowest BCUT2D eigenvalue weighted by Gasteiger charge is -2.34. The van der Waals surface area contributed by atoms with Gasteiger partial charge in [-0.1, -0.05) is 38.1 Å². The number of amides is 1. The van der Waals surface area contributed by atoms with E-state index in [4.69, 9.17) is 0 Å². The van der Waals surface area contributed by atoms with Crippen LogP contribution < -0.4 is 0 Å². The third kappa shape index (κ3) is 4.65. The average Bonchev–Trinajstić information content (AvgIpc) is 3.20. The molecule has 1 N–H and O–H groups in total. The fourth-order valence-corrected chi connectivity index (χ4v) is 5.58. The van der Waals surface area contributed by atoms with Crippen molar-refractivity contribution in [3.05, 3.63) is 59.9 Å². The molecule has 1 saturated heterocycles. The number of hydrogen-bond donors (Lipinski definition) is 1. The van der Waals surface area contributed by atoms with Crippen LogP contribution in [0.3, 0.4) is 0 Å². The van der Waals surface area contributed by atoms with Crippen molar-refractivity contribution in [2.24, 2.45) is 5.92 Å². The molecule has 0 saturated carbocycles. The molecular weight excluding hydrogens is 412 g/mol. The highest BCUT2D eigenvalue weighted by atomic mass is 32.2. The van der Waals surface area contributed by atoms with Crippen molar-refractivity contribution in [1.82, 2.24) is 19.2 Å². The van der Waals surface area contributed by atoms with Crippen LogP contribution in [-0.2, 0) is 27.7 Å². The third-order valence-corrected chi connectivity index (χ3v) is 7.58. The van der Waals surface area contributed by atoms with Crippen molar-refractivity contribution in [2.45, 2.75) is 31.6 Å². The van der Waals surface area contributed by atoms with Crippen LogP contribution in [0, 0.1) is 5.92 Å². The summed E-state index contributed by atoms with van der Waals surface area (Å²) in [5.74, 6) is 0.630. The Bertz CT molecular complexity index is 1160. The lowest BCUT2D eigenvalue weighted by molar-refractivity contribution is -0.131. The van der Waals surface area contributed by atoms with E-state index in [2.05, 4.69) is 35.9 Å². The highest BCUT2D eigenvalue weighted by Gasteiger charge is 2.31. The maximum Gasteiger partial charge on any atom is 0.245 e. The predicted molar refractivity (Wildman–Crippen MR) is 120 cm³/mol. The molecule has 2 aromatic heterocycles. The molecule has 0 bridgehead atoms. The van der Waals surface area contributed by atoms with Crippen molar-refractivity contribution in [3.8, 4) is 0 Å². The van der Waals surface area contributed by atoms with Crippen LogP contribution >= 0.6 is 0 Å². The molecule has 31 heavy (non-hydrogen) atoms. The van der Waals surface area contributed by atoms with Gasteiger partial charge in [0, 0.05) is 44.0 Å². The lowest BCUT2D eigenvalue weighted by Crippen LogP contribution is -2.50. The number of piperazine rings is 1. The van der Waals surface area contributed by atoms with E-state index in [9.17, 15) is 13.2 Å². The van der Waals surface area contributed by atoms with Gasteiger partial charge in [0.05, 0.1) is 6.42 Å². The summed E-state index contributed by atoms with van der Waals surface area (Å²) < 4.78 is 27.7. The second-order valence-electron chi connectivity index (χ2n) is 8.43. The van der Waals surface area contributed by atoms with Gasteiger partial charge in [-0.2, -0.15) is 4.31 Å². The molecule has 3 heterocycles. The minimum Gasteiger partial charge on any atom is -0.345 e. The molecule has 1 fully saturated rings. The zero-order valence-corrected chi connectivity index (χ0v) is 18.7.